The fourth-order valence-corrected chi connectivity index (χ4v) is 3.81. The van der Waals surface area contributed by atoms with Crippen molar-refractivity contribution in [2.45, 2.75) is 45.6 Å². The third-order valence-corrected chi connectivity index (χ3v) is 5.30. The van der Waals surface area contributed by atoms with E-state index in [4.69, 9.17) is 0 Å². The Kier molecular flexibility index (Phi) is 3.40. The average Bonchev–Trinajstić information content (AvgIpc) is 2.70. The summed E-state index contributed by atoms with van der Waals surface area (Å²) in [5, 5.41) is 13.8. The molecule has 0 saturated heterocycles. The summed E-state index contributed by atoms with van der Waals surface area (Å²) in [6.45, 7) is 6.41. The number of amides is 1. The van der Waals surface area contributed by atoms with Gasteiger partial charge in [0, 0.05) is 17.7 Å². The van der Waals surface area contributed by atoms with Gasteiger partial charge in [0.15, 0.2) is 5.60 Å². The summed E-state index contributed by atoms with van der Waals surface area (Å²) in [7, 11) is 0. The predicted octanol–water partition coefficient (Wildman–Crippen LogP) is 2.86. The molecule has 4 nitrogen and oxygen atoms in total. The van der Waals surface area contributed by atoms with E-state index in [0.29, 0.717) is 30.0 Å². The highest BCUT2D eigenvalue weighted by Gasteiger charge is 2.55. The van der Waals surface area contributed by atoms with Gasteiger partial charge in [-0.2, -0.15) is 0 Å². The molecule has 0 bridgehead atoms. The molecular weight excluding hydrogens is 278 g/mol. The summed E-state index contributed by atoms with van der Waals surface area (Å²) in [6, 6.07) is 7.09. The van der Waals surface area contributed by atoms with Crippen molar-refractivity contribution in [2.24, 2.45) is 17.3 Å². The number of Topliss-reactive ketones (excluding diaryl/α,β-unsaturated/α-hetero) is 1. The molecule has 2 aliphatic rings. The van der Waals surface area contributed by atoms with Crippen molar-refractivity contribution in [2.75, 3.05) is 5.32 Å². The monoisotopic (exact) mass is 301 g/mol. The van der Waals surface area contributed by atoms with Crippen LogP contribution < -0.4 is 5.32 Å². The minimum absolute atomic E-state index is 0.000489. The first kappa shape index (κ1) is 15.2. The van der Waals surface area contributed by atoms with Gasteiger partial charge in [0.25, 0.3) is 5.91 Å². The van der Waals surface area contributed by atoms with Crippen molar-refractivity contribution in [3.05, 3.63) is 29.8 Å². The Morgan fingerprint density at radius 3 is 2.50 bits per heavy atom. The highest BCUT2D eigenvalue weighted by Crippen LogP contribution is 2.48. The van der Waals surface area contributed by atoms with Gasteiger partial charge in [-0.05, 0) is 30.2 Å². The first-order valence-corrected chi connectivity index (χ1v) is 7.90. The molecule has 3 atom stereocenters. The molecule has 0 radical (unpaired) electrons. The molecular formula is C18H23NO3. The number of ketones is 1. The number of carbonyl (C=O) groups is 2. The van der Waals surface area contributed by atoms with Crippen molar-refractivity contribution >= 4 is 17.4 Å². The number of hydrogen-bond acceptors (Lipinski definition) is 3. The molecule has 2 N–H and O–H groups in total. The van der Waals surface area contributed by atoms with Gasteiger partial charge < -0.3 is 10.4 Å². The Balaban J connectivity index is 1.92. The van der Waals surface area contributed by atoms with Crippen LogP contribution in [0.2, 0.25) is 0 Å². The Morgan fingerprint density at radius 2 is 1.86 bits per heavy atom. The number of para-hydroxylation sites is 1. The van der Waals surface area contributed by atoms with Crippen molar-refractivity contribution < 1.29 is 14.7 Å². The second-order valence-electron chi connectivity index (χ2n) is 7.63. The normalized spacial score (nSPS) is 31.8. The molecule has 4 heteroatoms. The molecule has 0 aromatic heterocycles. The van der Waals surface area contributed by atoms with E-state index in [2.05, 4.69) is 26.1 Å². The molecule has 1 fully saturated rings. The van der Waals surface area contributed by atoms with Crippen molar-refractivity contribution in [1.82, 2.24) is 0 Å². The molecule has 0 unspecified atom stereocenters. The molecule has 1 aromatic carbocycles. The van der Waals surface area contributed by atoms with Crippen molar-refractivity contribution in [3.8, 4) is 0 Å². The van der Waals surface area contributed by atoms with Crippen LogP contribution in [0.25, 0.3) is 0 Å². The number of benzene rings is 1. The van der Waals surface area contributed by atoms with Crippen LogP contribution in [-0.4, -0.2) is 16.8 Å². The van der Waals surface area contributed by atoms with Crippen LogP contribution in [0.5, 0.6) is 0 Å². The van der Waals surface area contributed by atoms with Gasteiger partial charge in [-0.25, -0.2) is 0 Å². The summed E-state index contributed by atoms with van der Waals surface area (Å²) < 4.78 is 0. The van der Waals surface area contributed by atoms with E-state index >= 15 is 0 Å². The summed E-state index contributed by atoms with van der Waals surface area (Å²) in [5.41, 5.74) is -0.497. The minimum Gasteiger partial charge on any atom is -0.375 e. The maximum Gasteiger partial charge on any atom is 0.261 e. The lowest BCUT2D eigenvalue weighted by Gasteiger charge is -2.40. The number of carbonyl (C=O) groups excluding carboxylic acids is 2. The number of rotatable bonds is 1. The quantitative estimate of drug-likeness (QED) is 0.838. The van der Waals surface area contributed by atoms with E-state index < -0.39 is 17.4 Å². The van der Waals surface area contributed by atoms with Gasteiger partial charge in [0.05, 0.1) is 5.92 Å². The second kappa shape index (κ2) is 4.92. The van der Waals surface area contributed by atoms with Crippen LogP contribution >= 0.6 is 0 Å². The predicted molar refractivity (Wildman–Crippen MR) is 84.3 cm³/mol. The van der Waals surface area contributed by atoms with Crippen LogP contribution in [0.1, 0.15) is 45.6 Å². The maximum absolute atomic E-state index is 12.7. The molecule has 1 amide bonds. The molecule has 1 heterocycles. The first-order chi connectivity index (χ1) is 10.2. The SMILES string of the molecule is CC(C)(C)[C@H]1CC[C@H]([C@@]2(O)C(=O)Nc3ccccc32)C(=O)C1. The van der Waals surface area contributed by atoms with E-state index in [-0.39, 0.29) is 11.2 Å². The van der Waals surface area contributed by atoms with Crippen molar-refractivity contribution in [3.63, 3.8) is 0 Å². The number of fused-ring (bicyclic) bond motifs is 1. The van der Waals surface area contributed by atoms with Gasteiger partial charge >= 0.3 is 0 Å². The van der Waals surface area contributed by atoms with Crippen LogP contribution in [0.15, 0.2) is 24.3 Å². The van der Waals surface area contributed by atoms with E-state index in [0.717, 1.165) is 6.42 Å². The molecule has 1 saturated carbocycles. The van der Waals surface area contributed by atoms with Gasteiger partial charge in [0.1, 0.15) is 5.78 Å². The smallest absolute Gasteiger partial charge is 0.261 e. The molecule has 22 heavy (non-hydrogen) atoms. The lowest BCUT2D eigenvalue weighted by atomic mass is 9.65. The van der Waals surface area contributed by atoms with Crippen LogP contribution in [0.3, 0.4) is 0 Å². The van der Waals surface area contributed by atoms with E-state index in [1.807, 2.05) is 6.07 Å². The molecule has 118 valence electrons. The van der Waals surface area contributed by atoms with E-state index in [9.17, 15) is 14.7 Å². The Hall–Kier alpha value is -1.68. The first-order valence-electron chi connectivity index (χ1n) is 7.90. The zero-order valence-corrected chi connectivity index (χ0v) is 13.3. The molecule has 3 rings (SSSR count). The topological polar surface area (TPSA) is 66.4 Å². The van der Waals surface area contributed by atoms with Gasteiger partial charge in [-0.3, -0.25) is 9.59 Å². The van der Waals surface area contributed by atoms with Crippen molar-refractivity contribution in [1.29, 1.82) is 0 Å². The number of nitrogens with one attached hydrogen (secondary N) is 1. The average molecular weight is 301 g/mol. The highest BCUT2D eigenvalue weighted by molar-refractivity contribution is 6.08. The molecule has 1 aliphatic carbocycles. The maximum atomic E-state index is 12.7. The number of aliphatic hydroxyl groups is 1. The van der Waals surface area contributed by atoms with Gasteiger partial charge in [0.2, 0.25) is 0 Å². The van der Waals surface area contributed by atoms with E-state index in [1.54, 1.807) is 18.2 Å². The molecule has 1 aliphatic heterocycles. The van der Waals surface area contributed by atoms with Gasteiger partial charge in [-0.1, -0.05) is 39.0 Å². The third kappa shape index (κ3) is 2.17. The Morgan fingerprint density at radius 1 is 1.18 bits per heavy atom. The second-order valence-corrected chi connectivity index (χ2v) is 7.63. The number of anilines is 1. The lowest BCUT2D eigenvalue weighted by Crippen LogP contribution is -2.48. The molecule has 0 spiro atoms. The van der Waals surface area contributed by atoms with E-state index in [1.165, 1.54) is 0 Å². The Bertz CT molecular complexity index is 631. The minimum atomic E-state index is -1.71. The Labute approximate surface area is 130 Å². The lowest BCUT2D eigenvalue weighted by molar-refractivity contribution is -0.152. The summed E-state index contributed by atoms with van der Waals surface area (Å²) in [4.78, 5) is 25.0. The van der Waals surface area contributed by atoms with Crippen LogP contribution in [0, 0.1) is 17.3 Å². The zero-order valence-electron chi connectivity index (χ0n) is 13.3. The third-order valence-electron chi connectivity index (χ3n) is 5.30. The fourth-order valence-electron chi connectivity index (χ4n) is 3.81. The van der Waals surface area contributed by atoms with Crippen LogP contribution in [-0.2, 0) is 15.2 Å². The molecule has 1 aromatic rings. The van der Waals surface area contributed by atoms with Gasteiger partial charge in [-0.15, -0.1) is 0 Å². The summed E-state index contributed by atoms with van der Waals surface area (Å²) in [5.74, 6) is -0.809. The summed E-state index contributed by atoms with van der Waals surface area (Å²) in [6.07, 6.45) is 1.85. The highest BCUT2D eigenvalue weighted by atomic mass is 16.3. The number of hydrogen-bond donors (Lipinski definition) is 2. The van der Waals surface area contributed by atoms with Crippen LogP contribution in [0.4, 0.5) is 5.69 Å². The standard InChI is InChI=1S/C18H23NO3/c1-17(2,3)11-8-9-13(15(20)10-11)18(22)12-6-4-5-7-14(12)19-16(18)21/h4-7,11,13,22H,8-10H2,1-3H3,(H,19,21)/t11-,13-,18+/m0/s1. The zero-order chi connectivity index (χ0) is 16.1. The fraction of sp³-hybridized carbons (Fsp3) is 0.556. The summed E-state index contributed by atoms with van der Waals surface area (Å²) >= 11 is 0. The largest absolute Gasteiger partial charge is 0.375 e.